The summed E-state index contributed by atoms with van der Waals surface area (Å²) in [7, 11) is 0. The van der Waals surface area contributed by atoms with Gasteiger partial charge >= 0.3 is 6.01 Å². The molecule has 7 rings (SSSR count). The standard InChI is InChI=1S/C30H33ClFN5O3/c31-21-12-24-25(26(32)13-21)14-30(38,15-28(24)37-17-22-3-4-23(18-37)34-22)20-2-1-19-16-33-29(35-27(19)11-20)40-10-7-36-5-8-39-9-6-36/h1-2,11-13,15-16,22-23,34,38H,3-10,14,17-18H2/t22-,23+,30-/m0/s1. The average molecular weight is 566 g/mol. The second-order valence-corrected chi connectivity index (χ2v) is 11.8. The van der Waals surface area contributed by atoms with Gasteiger partial charge in [0, 0.05) is 84.7 Å². The van der Waals surface area contributed by atoms with Gasteiger partial charge in [-0.15, -0.1) is 0 Å². The van der Waals surface area contributed by atoms with Gasteiger partial charge in [-0.2, -0.15) is 4.98 Å². The van der Waals surface area contributed by atoms with Crippen LogP contribution in [0.2, 0.25) is 5.02 Å². The first-order valence-corrected chi connectivity index (χ1v) is 14.5. The Morgan fingerprint density at radius 1 is 1.15 bits per heavy atom. The van der Waals surface area contributed by atoms with Crippen molar-refractivity contribution >= 4 is 28.2 Å². The SMILES string of the molecule is O[C@]1(c2ccc3cnc(OCCN4CCOCC4)nc3c2)C=C(N2C[C@H]3CC[C@@H](C2)N3)c2cc(Cl)cc(F)c2C1. The van der Waals surface area contributed by atoms with Crippen LogP contribution in [0.25, 0.3) is 16.6 Å². The molecule has 0 saturated carbocycles. The van der Waals surface area contributed by atoms with Crippen LogP contribution in [0.1, 0.15) is 29.5 Å². The summed E-state index contributed by atoms with van der Waals surface area (Å²) >= 11 is 6.31. The van der Waals surface area contributed by atoms with Crippen molar-refractivity contribution in [2.24, 2.45) is 0 Å². The van der Waals surface area contributed by atoms with Crippen molar-refractivity contribution in [1.29, 1.82) is 0 Å². The molecule has 4 heterocycles. The number of hydrogen-bond acceptors (Lipinski definition) is 8. The number of nitrogens with one attached hydrogen (secondary N) is 1. The quantitative estimate of drug-likeness (QED) is 0.471. The number of likely N-dealkylation sites (tertiary alicyclic amines) is 1. The number of halogens is 2. The number of nitrogens with zero attached hydrogens (tertiary/aromatic N) is 4. The van der Waals surface area contributed by atoms with Crippen LogP contribution < -0.4 is 10.1 Å². The molecule has 0 unspecified atom stereocenters. The van der Waals surface area contributed by atoms with Gasteiger partial charge in [0.1, 0.15) is 18.0 Å². The first-order chi connectivity index (χ1) is 19.4. The lowest BCUT2D eigenvalue weighted by Crippen LogP contribution is -2.51. The first kappa shape index (κ1) is 26.1. The Hall–Kier alpha value is -2.82. The highest BCUT2D eigenvalue weighted by Crippen LogP contribution is 2.43. The fraction of sp³-hybridized carbons (Fsp3) is 0.467. The molecule has 1 aliphatic carbocycles. The lowest BCUT2D eigenvalue weighted by atomic mass is 9.79. The van der Waals surface area contributed by atoms with Gasteiger partial charge in [0.25, 0.3) is 0 Å². The number of aliphatic hydroxyl groups is 1. The summed E-state index contributed by atoms with van der Waals surface area (Å²) in [6, 6.07) is 9.86. The van der Waals surface area contributed by atoms with Crippen molar-refractivity contribution in [2.75, 3.05) is 52.5 Å². The minimum absolute atomic E-state index is 0.104. The van der Waals surface area contributed by atoms with Gasteiger partial charge < -0.3 is 24.8 Å². The second-order valence-electron chi connectivity index (χ2n) is 11.3. The number of benzene rings is 2. The van der Waals surface area contributed by atoms with Crippen molar-refractivity contribution in [1.82, 2.24) is 25.1 Å². The van der Waals surface area contributed by atoms with E-state index < -0.39 is 11.4 Å². The lowest BCUT2D eigenvalue weighted by Gasteiger charge is -2.41. The van der Waals surface area contributed by atoms with E-state index in [1.807, 2.05) is 30.3 Å². The number of aromatic nitrogens is 2. The number of morpholine rings is 1. The Morgan fingerprint density at radius 3 is 2.75 bits per heavy atom. The molecule has 4 aliphatic rings. The lowest BCUT2D eigenvalue weighted by molar-refractivity contribution is 0.0317. The Bertz CT molecular complexity index is 1450. The van der Waals surface area contributed by atoms with Gasteiger partial charge in [0.2, 0.25) is 0 Å². The van der Waals surface area contributed by atoms with E-state index in [0.717, 1.165) is 75.4 Å². The molecule has 10 heteroatoms. The molecule has 2 bridgehead atoms. The molecule has 0 spiro atoms. The van der Waals surface area contributed by atoms with E-state index in [9.17, 15) is 5.11 Å². The van der Waals surface area contributed by atoms with Gasteiger partial charge in [-0.1, -0.05) is 23.7 Å². The molecule has 1 aromatic heterocycles. The summed E-state index contributed by atoms with van der Waals surface area (Å²) in [5.74, 6) is -0.399. The molecule has 40 heavy (non-hydrogen) atoms. The monoisotopic (exact) mass is 565 g/mol. The molecule has 0 radical (unpaired) electrons. The predicted molar refractivity (Wildman–Crippen MR) is 151 cm³/mol. The van der Waals surface area contributed by atoms with Crippen LogP contribution in [0.4, 0.5) is 4.39 Å². The van der Waals surface area contributed by atoms with Gasteiger partial charge in [0.15, 0.2) is 0 Å². The number of rotatable bonds is 6. The molecule has 2 aromatic carbocycles. The van der Waals surface area contributed by atoms with E-state index in [0.29, 0.717) is 46.4 Å². The number of hydrogen-bond donors (Lipinski definition) is 2. The maximum atomic E-state index is 15.4. The summed E-state index contributed by atoms with van der Waals surface area (Å²) in [5.41, 5.74) is 1.96. The van der Waals surface area contributed by atoms with Crippen LogP contribution in [0.5, 0.6) is 6.01 Å². The van der Waals surface area contributed by atoms with E-state index in [-0.39, 0.29) is 6.42 Å². The van der Waals surface area contributed by atoms with E-state index in [2.05, 4.69) is 25.1 Å². The number of fused-ring (bicyclic) bond motifs is 4. The fourth-order valence-corrected chi connectivity index (χ4v) is 6.72. The largest absolute Gasteiger partial charge is 0.462 e. The van der Waals surface area contributed by atoms with E-state index >= 15 is 4.39 Å². The first-order valence-electron chi connectivity index (χ1n) is 14.1. The highest BCUT2D eigenvalue weighted by molar-refractivity contribution is 6.30. The fourth-order valence-electron chi connectivity index (χ4n) is 6.51. The topological polar surface area (TPSA) is 83.0 Å². The maximum absolute atomic E-state index is 15.4. The predicted octanol–water partition coefficient (Wildman–Crippen LogP) is 3.35. The molecule has 8 nitrogen and oxygen atoms in total. The van der Waals surface area contributed by atoms with Crippen molar-refractivity contribution in [3.63, 3.8) is 0 Å². The molecule has 210 valence electrons. The summed E-state index contributed by atoms with van der Waals surface area (Å²) in [5, 5.41) is 17.0. The Labute approximate surface area is 237 Å². The van der Waals surface area contributed by atoms with Gasteiger partial charge in [-0.3, -0.25) is 4.90 Å². The molecule has 3 atom stereocenters. The summed E-state index contributed by atoms with van der Waals surface area (Å²) in [6.45, 7) is 6.14. The third-order valence-electron chi connectivity index (χ3n) is 8.62. The Morgan fingerprint density at radius 2 is 1.95 bits per heavy atom. The average Bonchev–Trinajstić information content (AvgIpc) is 3.30. The minimum Gasteiger partial charge on any atom is -0.462 e. The van der Waals surface area contributed by atoms with Crippen molar-refractivity contribution in [3.8, 4) is 6.01 Å². The van der Waals surface area contributed by atoms with Gasteiger partial charge in [-0.25, -0.2) is 9.37 Å². The normalized spacial score (nSPS) is 26.6. The maximum Gasteiger partial charge on any atom is 0.316 e. The molecular formula is C30H33ClFN5O3. The molecule has 3 fully saturated rings. The second kappa shape index (κ2) is 10.5. The third-order valence-corrected chi connectivity index (χ3v) is 8.84. The molecule has 3 aromatic rings. The molecule has 3 aliphatic heterocycles. The van der Waals surface area contributed by atoms with Crippen LogP contribution >= 0.6 is 11.6 Å². The zero-order valence-electron chi connectivity index (χ0n) is 22.3. The van der Waals surface area contributed by atoms with Crippen molar-refractivity contribution < 1.29 is 19.0 Å². The van der Waals surface area contributed by atoms with E-state index in [4.69, 9.17) is 21.1 Å². The van der Waals surface area contributed by atoms with Crippen molar-refractivity contribution in [2.45, 2.75) is 36.9 Å². The zero-order chi connectivity index (χ0) is 27.3. The van der Waals surface area contributed by atoms with Gasteiger partial charge in [0.05, 0.1) is 18.7 Å². The third kappa shape index (κ3) is 5.05. The highest BCUT2D eigenvalue weighted by atomic mass is 35.5. The summed E-state index contributed by atoms with van der Waals surface area (Å²) in [6.07, 6.45) is 5.97. The molecular weight excluding hydrogens is 533 g/mol. The summed E-state index contributed by atoms with van der Waals surface area (Å²) < 4.78 is 26.6. The van der Waals surface area contributed by atoms with E-state index in [1.54, 1.807) is 6.20 Å². The van der Waals surface area contributed by atoms with Crippen molar-refractivity contribution in [3.05, 3.63) is 70.1 Å². The molecule has 2 N–H and O–H groups in total. The number of piperazine rings is 1. The van der Waals surface area contributed by atoms with Crippen LogP contribution in [-0.2, 0) is 16.8 Å². The zero-order valence-corrected chi connectivity index (χ0v) is 23.0. The Kier molecular flexibility index (Phi) is 6.88. The van der Waals surface area contributed by atoms with E-state index in [1.165, 1.54) is 6.07 Å². The van der Waals surface area contributed by atoms with Crippen LogP contribution in [0, 0.1) is 5.82 Å². The van der Waals surface area contributed by atoms with Crippen LogP contribution in [0.15, 0.2) is 42.6 Å². The molecule has 0 amide bonds. The van der Waals surface area contributed by atoms with Crippen LogP contribution in [0.3, 0.4) is 0 Å². The molecule has 3 saturated heterocycles. The highest BCUT2D eigenvalue weighted by Gasteiger charge is 2.40. The summed E-state index contributed by atoms with van der Waals surface area (Å²) in [4.78, 5) is 13.6. The smallest absolute Gasteiger partial charge is 0.316 e. The Balaban J connectivity index is 1.20. The van der Waals surface area contributed by atoms with Gasteiger partial charge in [-0.05, 0) is 42.7 Å². The number of ether oxygens (including phenoxy) is 2. The van der Waals surface area contributed by atoms with Crippen LogP contribution in [-0.4, -0.2) is 89.5 Å². The minimum atomic E-state index is -1.42.